The van der Waals surface area contributed by atoms with E-state index in [-0.39, 0.29) is 0 Å². The molecule has 4 nitrogen and oxygen atoms in total. The number of allylic oxidation sites excluding steroid dienone is 1. The van der Waals surface area contributed by atoms with Gasteiger partial charge in [-0.3, -0.25) is 4.57 Å². The van der Waals surface area contributed by atoms with Crippen LogP contribution in [0.3, 0.4) is 0 Å². The summed E-state index contributed by atoms with van der Waals surface area (Å²) in [6.07, 6.45) is 0. The third-order valence-corrected chi connectivity index (χ3v) is 4.15. The van der Waals surface area contributed by atoms with Crippen molar-refractivity contribution in [3.63, 3.8) is 0 Å². The molecule has 0 aromatic carbocycles. The molecule has 0 spiro atoms. The van der Waals surface area contributed by atoms with E-state index >= 15 is 0 Å². The first-order valence-corrected chi connectivity index (χ1v) is 7.47. The third kappa shape index (κ3) is 5.15. The average Bonchev–Trinajstić information content (AvgIpc) is 2.19. The van der Waals surface area contributed by atoms with Crippen LogP contribution in [0.25, 0.3) is 0 Å². The van der Waals surface area contributed by atoms with Gasteiger partial charge in [0.05, 0.1) is 13.2 Å². The molecule has 0 radical (unpaired) electrons. The van der Waals surface area contributed by atoms with Gasteiger partial charge in [-0.15, -0.1) is 0 Å². The Labute approximate surface area is 99.1 Å². The lowest BCUT2D eigenvalue weighted by Gasteiger charge is -2.23. The van der Waals surface area contributed by atoms with Crippen molar-refractivity contribution in [1.29, 1.82) is 0 Å². The van der Waals surface area contributed by atoms with E-state index in [9.17, 15) is 4.57 Å². The molecule has 0 unspecified atom stereocenters. The molecule has 0 atom stereocenters. The highest BCUT2D eigenvalue weighted by molar-refractivity contribution is 7.57. The van der Waals surface area contributed by atoms with E-state index in [1.807, 2.05) is 20.8 Å². The first kappa shape index (κ1) is 15.7. The van der Waals surface area contributed by atoms with Gasteiger partial charge in [-0.25, -0.2) is 0 Å². The Morgan fingerprint density at radius 2 is 1.56 bits per heavy atom. The first-order chi connectivity index (χ1) is 7.52. The van der Waals surface area contributed by atoms with E-state index in [0.29, 0.717) is 13.2 Å². The Kier molecular flexibility index (Phi) is 7.73. The molecule has 0 aliphatic carbocycles. The quantitative estimate of drug-likeness (QED) is 0.617. The molecule has 0 heterocycles. The van der Waals surface area contributed by atoms with Crippen LogP contribution in [0.2, 0.25) is 0 Å². The van der Waals surface area contributed by atoms with E-state index < -0.39 is 7.60 Å². The predicted octanol–water partition coefficient (Wildman–Crippen LogP) is 3.46. The molecule has 0 aliphatic rings. The Morgan fingerprint density at radius 1 is 1.12 bits per heavy atom. The molecule has 0 aliphatic heterocycles. The molecule has 0 aromatic heterocycles. The van der Waals surface area contributed by atoms with Crippen molar-refractivity contribution in [2.45, 2.75) is 34.6 Å². The average molecular weight is 249 g/mol. The molecule has 0 saturated carbocycles. The molecule has 0 N–H and O–H groups in total. The summed E-state index contributed by atoms with van der Waals surface area (Å²) in [5, 5.41) is 0. The van der Waals surface area contributed by atoms with Crippen LogP contribution in [0.5, 0.6) is 0 Å². The maximum absolute atomic E-state index is 12.2. The molecule has 0 bridgehead atoms. The first-order valence-electron chi connectivity index (χ1n) is 5.86. The number of nitrogens with zero attached hydrogens (tertiary/aromatic N) is 1. The summed E-state index contributed by atoms with van der Waals surface area (Å²) in [4.78, 5) is 2.12. The van der Waals surface area contributed by atoms with E-state index in [0.717, 1.165) is 18.8 Å². The van der Waals surface area contributed by atoms with Crippen LogP contribution in [0.4, 0.5) is 0 Å². The van der Waals surface area contributed by atoms with E-state index in [2.05, 4.69) is 18.7 Å². The summed E-state index contributed by atoms with van der Waals surface area (Å²) in [5.41, 5.74) is 0.940. The van der Waals surface area contributed by atoms with Gasteiger partial charge in [-0.05, 0) is 34.6 Å². The summed E-state index contributed by atoms with van der Waals surface area (Å²) in [6.45, 7) is 12.2. The van der Waals surface area contributed by atoms with Crippen molar-refractivity contribution in [3.05, 3.63) is 11.5 Å². The number of hydrogen-bond acceptors (Lipinski definition) is 4. The highest BCUT2D eigenvalue weighted by Crippen LogP contribution is 2.50. The molecule has 0 fully saturated rings. The molecule has 0 aromatic rings. The summed E-state index contributed by atoms with van der Waals surface area (Å²) < 4.78 is 22.6. The van der Waals surface area contributed by atoms with Crippen molar-refractivity contribution >= 4 is 7.60 Å². The lowest BCUT2D eigenvalue weighted by molar-refractivity contribution is 0.228. The maximum Gasteiger partial charge on any atom is 0.355 e. The van der Waals surface area contributed by atoms with Crippen molar-refractivity contribution < 1.29 is 13.6 Å². The van der Waals surface area contributed by atoms with Crippen LogP contribution in [-0.4, -0.2) is 31.2 Å². The molecule has 0 amide bonds. The minimum absolute atomic E-state index is 0.388. The van der Waals surface area contributed by atoms with E-state index in [4.69, 9.17) is 9.05 Å². The van der Waals surface area contributed by atoms with Crippen molar-refractivity contribution in [2.75, 3.05) is 26.3 Å². The van der Waals surface area contributed by atoms with Gasteiger partial charge in [-0.1, -0.05) is 0 Å². The van der Waals surface area contributed by atoms with Gasteiger partial charge in [0.1, 0.15) is 0 Å². The van der Waals surface area contributed by atoms with Gasteiger partial charge in [-0.2, -0.15) is 0 Å². The van der Waals surface area contributed by atoms with Gasteiger partial charge < -0.3 is 13.9 Å². The summed E-state index contributed by atoms with van der Waals surface area (Å²) in [6, 6.07) is 0. The summed E-state index contributed by atoms with van der Waals surface area (Å²) in [7, 11) is -3.06. The van der Waals surface area contributed by atoms with Gasteiger partial charge in [0.15, 0.2) is 0 Å². The highest BCUT2D eigenvalue weighted by Gasteiger charge is 2.21. The lowest BCUT2D eigenvalue weighted by atomic mass is 10.4. The van der Waals surface area contributed by atoms with E-state index in [1.165, 1.54) is 0 Å². The second-order valence-electron chi connectivity index (χ2n) is 3.32. The zero-order valence-corrected chi connectivity index (χ0v) is 11.9. The number of hydrogen-bond donors (Lipinski definition) is 0. The molecule has 16 heavy (non-hydrogen) atoms. The monoisotopic (exact) mass is 249 g/mol. The molecular formula is C11H24NO3P. The van der Waals surface area contributed by atoms with Crippen molar-refractivity contribution in [1.82, 2.24) is 4.90 Å². The fourth-order valence-corrected chi connectivity index (χ4v) is 3.07. The van der Waals surface area contributed by atoms with Crippen LogP contribution in [-0.2, 0) is 13.6 Å². The second kappa shape index (κ2) is 7.88. The highest BCUT2D eigenvalue weighted by atomic mass is 31.2. The van der Waals surface area contributed by atoms with Crippen molar-refractivity contribution in [3.8, 4) is 0 Å². The zero-order chi connectivity index (χ0) is 12.6. The Balaban J connectivity index is 4.82. The van der Waals surface area contributed by atoms with Crippen LogP contribution >= 0.6 is 7.60 Å². The molecule has 0 saturated heterocycles. The topological polar surface area (TPSA) is 38.8 Å². The predicted molar refractivity (Wildman–Crippen MR) is 67.5 cm³/mol. The molecule has 96 valence electrons. The van der Waals surface area contributed by atoms with Gasteiger partial charge in [0.25, 0.3) is 0 Å². The molecule has 5 heteroatoms. The number of rotatable bonds is 8. The standard InChI is InChI=1S/C11H24NO3P/c1-6-12(7-2)11(5)10-16(13,14-8-3)15-9-4/h10H,6-9H2,1-5H3. The van der Waals surface area contributed by atoms with Gasteiger partial charge >= 0.3 is 7.60 Å². The fraction of sp³-hybridized carbons (Fsp3) is 0.818. The Morgan fingerprint density at radius 3 is 1.88 bits per heavy atom. The smallest absolute Gasteiger partial charge is 0.355 e. The Bertz CT molecular complexity index is 252. The fourth-order valence-electron chi connectivity index (χ4n) is 1.50. The minimum atomic E-state index is -3.06. The van der Waals surface area contributed by atoms with Crippen LogP contribution in [0.1, 0.15) is 34.6 Å². The maximum atomic E-state index is 12.2. The van der Waals surface area contributed by atoms with E-state index in [1.54, 1.807) is 5.82 Å². The largest absolute Gasteiger partial charge is 0.375 e. The van der Waals surface area contributed by atoms with Crippen LogP contribution in [0.15, 0.2) is 11.5 Å². The lowest BCUT2D eigenvalue weighted by Crippen LogP contribution is -2.20. The molecule has 0 rings (SSSR count). The summed E-state index contributed by atoms with van der Waals surface area (Å²) in [5.74, 6) is 1.62. The second-order valence-corrected chi connectivity index (χ2v) is 5.17. The van der Waals surface area contributed by atoms with Gasteiger partial charge in [0.2, 0.25) is 0 Å². The minimum Gasteiger partial charge on any atom is -0.375 e. The third-order valence-electron chi connectivity index (χ3n) is 2.23. The SMILES string of the molecule is CCOP(=O)(C=C(C)N(CC)CC)OCC. The van der Waals surface area contributed by atoms with Crippen LogP contribution in [0, 0.1) is 0 Å². The van der Waals surface area contributed by atoms with Crippen LogP contribution < -0.4 is 0 Å². The molecular weight excluding hydrogens is 225 g/mol. The Hall–Kier alpha value is -0.310. The summed E-state index contributed by atoms with van der Waals surface area (Å²) >= 11 is 0. The zero-order valence-electron chi connectivity index (χ0n) is 11.0. The normalized spacial score (nSPS) is 12.9. The van der Waals surface area contributed by atoms with Crippen molar-refractivity contribution in [2.24, 2.45) is 0 Å². The van der Waals surface area contributed by atoms with Gasteiger partial charge in [0, 0.05) is 24.6 Å².